The molecule has 0 spiro atoms. The van der Waals surface area contributed by atoms with Crippen LogP contribution in [0.15, 0.2) is 25.0 Å². The van der Waals surface area contributed by atoms with E-state index >= 15 is 0 Å². The van der Waals surface area contributed by atoms with Crippen LogP contribution in [0.25, 0.3) is 0 Å². The van der Waals surface area contributed by atoms with Gasteiger partial charge in [-0.1, -0.05) is 0 Å². The number of rotatable bonds is 6. The van der Waals surface area contributed by atoms with Gasteiger partial charge in [-0.2, -0.15) is 0 Å². The summed E-state index contributed by atoms with van der Waals surface area (Å²) in [5.41, 5.74) is 6.82. The summed E-state index contributed by atoms with van der Waals surface area (Å²) in [7, 11) is 0. The van der Waals surface area contributed by atoms with Crippen molar-refractivity contribution in [1.82, 2.24) is 24.8 Å². The molecule has 7 heteroatoms. The highest BCUT2D eigenvalue weighted by molar-refractivity contribution is 5.91. The van der Waals surface area contributed by atoms with Crippen molar-refractivity contribution in [2.45, 2.75) is 13.0 Å². The van der Waals surface area contributed by atoms with Gasteiger partial charge in [0.15, 0.2) is 0 Å². The highest BCUT2D eigenvalue weighted by Crippen LogP contribution is 1.96. The van der Waals surface area contributed by atoms with Crippen LogP contribution in [0.4, 0.5) is 0 Å². The molecule has 18 heavy (non-hydrogen) atoms. The summed E-state index contributed by atoms with van der Waals surface area (Å²) in [5.74, 6) is -0.176. The number of nitrogens with zero attached hydrogens (tertiary/aromatic N) is 3. The molecule has 0 radical (unpaired) electrons. The Hall–Kier alpha value is -2.15. The summed E-state index contributed by atoms with van der Waals surface area (Å²) < 4.78 is 1.80. The SMILES string of the molecule is NCCn1cnc(C(=O)NCCc2cnc[nH]2)c1. The van der Waals surface area contributed by atoms with Gasteiger partial charge in [-0.3, -0.25) is 4.79 Å². The Morgan fingerprint density at radius 3 is 3.17 bits per heavy atom. The molecule has 0 fully saturated rings. The number of nitrogens with one attached hydrogen (secondary N) is 2. The highest BCUT2D eigenvalue weighted by Gasteiger charge is 2.08. The number of aromatic nitrogens is 4. The number of hydrogen-bond donors (Lipinski definition) is 3. The fourth-order valence-corrected chi connectivity index (χ4v) is 1.57. The lowest BCUT2D eigenvalue weighted by molar-refractivity contribution is 0.0949. The van der Waals surface area contributed by atoms with Gasteiger partial charge in [-0.05, 0) is 0 Å². The summed E-state index contributed by atoms with van der Waals surface area (Å²) in [5, 5.41) is 2.80. The fraction of sp³-hybridized carbons (Fsp3) is 0.364. The van der Waals surface area contributed by atoms with Crippen molar-refractivity contribution in [1.29, 1.82) is 0 Å². The van der Waals surface area contributed by atoms with Gasteiger partial charge >= 0.3 is 0 Å². The number of imidazole rings is 2. The molecule has 0 aliphatic carbocycles. The molecule has 0 saturated carbocycles. The van der Waals surface area contributed by atoms with Gasteiger partial charge in [0.2, 0.25) is 0 Å². The van der Waals surface area contributed by atoms with Gasteiger partial charge in [-0.15, -0.1) is 0 Å². The van der Waals surface area contributed by atoms with Gasteiger partial charge in [0, 0.05) is 44.1 Å². The van der Waals surface area contributed by atoms with Crippen LogP contribution in [-0.4, -0.2) is 38.5 Å². The van der Waals surface area contributed by atoms with E-state index in [0.717, 1.165) is 12.1 Å². The molecular weight excluding hydrogens is 232 g/mol. The lowest BCUT2D eigenvalue weighted by Crippen LogP contribution is -2.26. The number of amides is 1. The molecule has 0 aliphatic rings. The molecule has 96 valence electrons. The highest BCUT2D eigenvalue weighted by atomic mass is 16.1. The summed E-state index contributed by atoms with van der Waals surface area (Å²) in [6.07, 6.45) is 7.37. The third kappa shape index (κ3) is 3.17. The van der Waals surface area contributed by atoms with Crippen molar-refractivity contribution in [3.05, 3.63) is 36.4 Å². The van der Waals surface area contributed by atoms with Crippen molar-refractivity contribution < 1.29 is 4.79 Å². The lowest BCUT2D eigenvalue weighted by atomic mass is 10.3. The van der Waals surface area contributed by atoms with Gasteiger partial charge in [-0.25, -0.2) is 9.97 Å². The van der Waals surface area contributed by atoms with Crippen molar-refractivity contribution in [2.75, 3.05) is 13.1 Å². The molecule has 7 nitrogen and oxygen atoms in total. The Labute approximate surface area is 104 Å². The van der Waals surface area contributed by atoms with Crippen LogP contribution in [0.5, 0.6) is 0 Å². The number of nitrogens with two attached hydrogens (primary N) is 1. The van der Waals surface area contributed by atoms with Crippen molar-refractivity contribution in [2.24, 2.45) is 5.73 Å². The number of carbonyl (C=O) groups is 1. The van der Waals surface area contributed by atoms with E-state index in [0.29, 0.717) is 25.3 Å². The van der Waals surface area contributed by atoms with Crippen molar-refractivity contribution in [3.63, 3.8) is 0 Å². The largest absolute Gasteiger partial charge is 0.350 e. The van der Waals surface area contributed by atoms with E-state index in [1.807, 2.05) is 0 Å². The average Bonchev–Trinajstić information content (AvgIpc) is 3.00. The van der Waals surface area contributed by atoms with Gasteiger partial charge < -0.3 is 20.6 Å². The third-order valence-electron chi connectivity index (χ3n) is 2.49. The summed E-state index contributed by atoms with van der Waals surface area (Å²) >= 11 is 0. The standard InChI is InChI=1S/C11H16N6O/c12-2-4-17-6-10(16-8-17)11(18)14-3-1-9-5-13-7-15-9/h5-8H,1-4,12H2,(H,13,15)(H,14,18). The number of hydrogen-bond acceptors (Lipinski definition) is 4. The second-order valence-corrected chi connectivity index (χ2v) is 3.87. The van der Waals surface area contributed by atoms with E-state index in [4.69, 9.17) is 5.73 Å². The molecule has 2 heterocycles. The fourth-order valence-electron chi connectivity index (χ4n) is 1.57. The molecule has 0 aromatic carbocycles. The van der Waals surface area contributed by atoms with Crippen LogP contribution in [0.2, 0.25) is 0 Å². The van der Waals surface area contributed by atoms with Crippen molar-refractivity contribution >= 4 is 5.91 Å². The number of carbonyl (C=O) groups excluding carboxylic acids is 1. The summed E-state index contributed by atoms with van der Waals surface area (Å²) in [4.78, 5) is 22.7. The minimum absolute atomic E-state index is 0.176. The molecule has 0 unspecified atom stereocenters. The average molecular weight is 248 g/mol. The molecule has 0 atom stereocenters. The first kappa shape index (κ1) is 12.3. The van der Waals surface area contributed by atoms with Crippen LogP contribution in [-0.2, 0) is 13.0 Å². The zero-order valence-corrected chi connectivity index (χ0v) is 9.97. The molecule has 0 aliphatic heterocycles. The van der Waals surface area contributed by atoms with E-state index in [9.17, 15) is 4.79 Å². The van der Waals surface area contributed by atoms with Crippen LogP contribution in [0.3, 0.4) is 0 Å². The van der Waals surface area contributed by atoms with E-state index < -0.39 is 0 Å². The quantitative estimate of drug-likeness (QED) is 0.643. The molecule has 4 N–H and O–H groups in total. The zero-order valence-electron chi connectivity index (χ0n) is 9.97. The van der Waals surface area contributed by atoms with Crippen molar-refractivity contribution in [3.8, 4) is 0 Å². The normalized spacial score (nSPS) is 10.5. The topological polar surface area (TPSA) is 102 Å². The predicted octanol–water partition coefficient (Wildman–Crippen LogP) is -0.463. The third-order valence-corrected chi connectivity index (χ3v) is 2.49. The van der Waals surface area contributed by atoms with E-state index in [-0.39, 0.29) is 5.91 Å². The number of aromatic amines is 1. The minimum Gasteiger partial charge on any atom is -0.350 e. The number of H-pyrrole nitrogens is 1. The van der Waals surface area contributed by atoms with Crippen LogP contribution in [0.1, 0.15) is 16.2 Å². The molecule has 2 aromatic rings. The molecular formula is C11H16N6O. The Kier molecular flexibility index (Phi) is 4.08. The van der Waals surface area contributed by atoms with E-state index in [2.05, 4.69) is 20.3 Å². The maximum atomic E-state index is 11.7. The second kappa shape index (κ2) is 5.97. The first-order valence-electron chi connectivity index (χ1n) is 5.77. The monoisotopic (exact) mass is 248 g/mol. The maximum Gasteiger partial charge on any atom is 0.271 e. The predicted molar refractivity (Wildman–Crippen MR) is 65.9 cm³/mol. The Morgan fingerprint density at radius 2 is 2.44 bits per heavy atom. The maximum absolute atomic E-state index is 11.7. The first-order valence-corrected chi connectivity index (χ1v) is 5.77. The lowest BCUT2D eigenvalue weighted by Gasteiger charge is -2.01. The first-order chi connectivity index (χ1) is 8.79. The Bertz CT molecular complexity index is 489. The minimum atomic E-state index is -0.176. The molecule has 1 amide bonds. The van der Waals surface area contributed by atoms with Gasteiger partial charge in [0.1, 0.15) is 5.69 Å². The smallest absolute Gasteiger partial charge is 0.271 e. The van der Waals surface area contributed by atoms with E-state index in [1.54, 1.807) is 29.6 Å². The zero-order chi connectivity index (χ0) is 12.8. The Morgan fingerprint density at radius 1 is 1.56 bits per heavy atom. The van der Waals surface area contributed by atoms with Crippen LogP contribution < -0.4 is 11.1 Å². The van der Waals surface area contributed by atoms with Crippen LogP contribution in [0, 0.1) is 0 Å². The summed E-state index contributed by atoms with van der Waals surface area (Å²) in [6, 6.07) is 0. The molecule has 0 saturated heterocycles. The molecule has 0 bridgehead atoms. The van der Waals surface area contributed by atoms with Gasteiger partial charge in [0.25, 0.3) is 5.91 Å². The molecule has 2 rings (SSSR count). The van der Waals surface area contributed by atoms with Gasteiger partial charge in [0.05, 0.1) is 12.7 Å². The Balaban J connectivity index is 1.80. The summed E-state index contributed by atoms with van der Waals surface area (Å²) in [6.45, 7) is 1.73. The molecule has 2 aromatic heterocycles. The van der Waals surface area contributed by atoms with E-state index in [1.165, 1.54) is 0 Å². The van der Waals surface area contributed by atoms with Crippen LogP contribution >= 0.6 is 0 Å². The second-order valence-electron chi connectivity index (χ2n) is 3.87.